The van der Waals surface area contributed by atoms with Gasteiger partial charge >= 0.3 is 5.97 Å². The Morgan fingerprint density at radius 1 is 1.78 bits per heavy atom. The van der Waals surface area contributed by atoms with E-state index in [1.54, 1.807) is 0 Å². The van der Waals surface area contributed by atoms with E-state index < -0.39 is 5.97 Å². The summed E-state index contributed by atoms with van der Waals surface area (Å²) in [7, 11) is 2.95. The van der Waals surface area contributed by atoms with Crippen LogP contribution in [0, 0.1) is 7.11 Å². The topological polar surface area (TPSA) is 39.4 Å². The maximum atomic E-state index is 10.5. The van der Waals surface area contributed by atoms with Gasteiger partial charge in [-0.05, 0) is 6.07 Å². The standard InChI is InChI=1S/C6H5O3/c1-8-6(7)5-2-3-9-4-5/h2-4H,1H2. The summed E-state index contributed by atoms with van der Waals surface area (Å²) in [4.78, 5) is 10.5. The fourth-order valence-electron chi connectivity index (χ4n) is 0.464. The van der Waals surface area contributed by atoms with Crippen LogP contribution in [0.15, 0.2) is 23.0 Å². The lowest BCUT2D eigenvalue weighted by atomic mass is 10.4. The second-order valence-corrected chi connectivity index (χ2v) is 1.44. The molecule has 1 aromatic heterocycles. The minimum atomic E-state index is -0.483. The van der Waals surface area contributed by atoms with Crippen molar-refractivity contribution in [2.75, 3.05) is 0 Å². The molecule has 0 atom stereocenters. The first-order chi connectivity index (χ1) is 4.34. The summed E-state index contributed by atoms with van der Waals surface area (Å²) in [6.07, 6.45) is 2.69. The Kier molecular flexibility index (Phi) is 1.53. The van der Waals surface area contributed by atoms with Gasteiger partial charge in [-0.1, -0.05) is 0 Å². The van der Waals surface area contributed by atoms with E-state index in [0.29, 0.717) is 5.56 Å². The third-order valence-electron chi connectivity index (χ3n) is 0.888. The Hall–Kier alpha value is -1.25. The Morgan fingerprint density at radius 3 is 3.00 bits per heavy atom. The van der Waals surface area contributed by atoms with Crippen LogP contribution in [-0.4, -0.2) is 5.97 Å². The van der Waals surface area contributed by atoms with E-state index >= 15 is 0 Å². The van der Waals surface area contributed by atoms with Gasteiger partial charge < -0.3 is 9.15 Å². The third kappa shape index (κ3) is 1.10. The fraction of sp³-hybridized carbons (Fsp3) is 0. The molecule has 1 aromatic rings. The highest BCUT2D eigenvalue weighted by molar-refractivity contribution is 5.88. The molecular weight excluding hydrogens is 120 g/mol. The van der Waals surface area contributed by atoms with Crippen LogP contribution in [0.25, 0.3) is 0 Å². The molecule has 0 spiro atoms. The molecule has 0 unspecified atom stereocenters. The lowest BCUT2D eigenvalue weighted by molar-refractivity contribution is 0.0653. The molecule has 1 rings (SSSR count). The van der Waals surface area contributed by atoms with Crippen LogP contribution in [0.3, 0.4) is 0 Å². The maximum absolute atomic E-state index is 10.5. The van der Waals surface area contributed by atoms with Crippen LogP contribution < -0.4 is 0 Å². The Labute approximate surface area is 52.2 Å². The smallest absolute Gasteiger partial charge is 0.341 e. The van der Waals surface area contributed by atoms with Gasteiger partial charge in [-0.25, -0.2) is 4.79 Å². The van der Waals surface area contributed by atoms with Gasteiger partial charge in [-0.3, -0.25) is 0 Å². The zero-order chi connectivity index (χ0) is 6.69. The van der Waals surface area contributed by atoms with E-state index in [9.17, 15) is 4.79 Å². The van der Waals surface area contributed by atoms with Gasteiger partial charge in [0.25, 0.3) is 0 Å². The first-order valence-electron chi connectivity index (χ1n) is 2.33. The zero-order valence-corrected chi connectivity index (χ0v) is 4.66. The second kappa shape index (κ2) is 2.35. The van der Waals surface area contributed by atoms with Crippen LogP contribution in [0.2, 0.25) is 0 Å². The molecule has 0 amide bonds. The highest BCUT2D eigenvalue weighted by Crippen LogP contribution is 2.00. The summed E-state index contributed by atoms with van der Waals surface area (Å²) in [6.45, 7) is 0. The molecule has 0 saturated carbocycles. The lowest BCUT2D eigenvalue weighted by Gasteiger charge is -1.89. The van der Waals surface area contributed by atoms with Crippen LogP contribution in [0.5, 0.6) is 0 Å². The summed E-state index contributed by atoms with van der Waals surface area (Å²) >= 11 is 0. The monoisotopic (exact) mass is 125 g/mol. The molecule has 9 heavy (non-hydrogen) atoms. The van der Waals surface area contributed by atoms with Gasteiger partial charge in [0, 0.05) is 0 Å². The number of ether oxygens (including phenoxy) is 1. The van der Waals surface area contributed by atoms with E-state index in [4.69, 9.17) is 0 Å². The number of furan rings is 1. The molecule has 3 heteroatoms. The van der Waals surface area contributed by atoms with E-state index in [1.165, 1.54) is 18.6 Å². The molecule has 0 aromatic carbocycles. The summed E-state index contributed by atoms with van der Waals surface area (Å²) < 4.78 is 8.75. The zero-order valence-electron chi connectivity index (χ0n) is 4.66. The van der Waals surface area contributed by atoms with E-state index in [0.717, 1.165) is 0 Å². The van der Waals surface area contributed by atoms with Crippen molar-refractivity contribution < 1.29 is 13.9 Å². The maximum Gasteiger partial charge on any atom is 0.341 e. The molecule has 0 aliphatic rings. The van der Waals surface area contributed by atoms with Crippen molar-refractivity contribution in [1.29, 1.82) is 0 Å². The van der Waals surface area contributed by atoms with Crippen LogP contribution >= 0.6 is 0 Å². The molecule has 1 heterocycles. The minimum absolute atomic E-state index is 0.380. The number of carbonyl (C=O) groups is 1. The lowest BCUT2D eigenvalue weighted by Crippen LogP contribution is -1.96. The molecule has 0 saturated heterocycles. The van der Waals surface area contributed by atoms with Gasteiger partial charge in [-0.15, -0.1) is 0 Å². The molecule has 0 bridgehead atoms. The van der Waals surface area contributed by atoms with Crippen LogP contribution in [0.4, 0.5) is 0 Å². The summed E-state index contributed by atoms with van der Waals surface area (Å²) in [5.41, 5.74) is 0.380. The molecule has 0 aliphatic heterocycles. The third-order valence-corrected chi connectivity index (χ3v) is 0.888. The minimum Gasteiger partial charge on any atom is -0.472 e. The van der Waals surface area contributed by atoms with Crippen LogP contribution in [0.1, 0.15) is 10.4 Å². The van der Waals surface area contributed by atoms with Crippen molar-refractivity contribution in [3.8, 4) is 0 Å². The quantitative estimate of drug-likeness (QED) is 0.530. The Bertz CT molecular complexity index is 188. The first kappa shape index (κ1) is 5.88. The number of hydrogen-bond acceptors (Lipinski definition) is 3. The number of hydrogen-bond donors (Lipinski definition) is 0. The van der Waals surface area contributed by atoms with Gasteiger partial charge in [-0.2, -0.15) is 0 Å². The Balaban J connectivity index is 2.77. The van der Waals surface area contributed by atoms with Gasteiger partial charge in [0.1, 0.15) is 13.4 Å². The average Bonchev–Trinajstić information content (AvgIpc) is 2.37. The van der Waals surface area contributed by atoms with E-state index in [1.807, 2.05) is 0 Å². The molecule has 47 valence electrons. The van der Waals surface area contributed by atoms with Gasteiger partial charge in [0.05, 0.1) is 11.8 Å². The van der Waals surface area contributed by atoms with Crippen LogP contribution in [-0.2, 0) is 4.74 Å². The number of esters is 1. The van der Waals surface area contributed by atoms with E-state index in [-0.39, 0.29) is 0 Å². The normalized spacial score (nSPS) is 9.00. The highest BCUT2D eigenvalue weighted by Gasteiger charge is 2.03. The van der Waals surface area contributed by atoms with Crippen molar-refractivity contribution in [1.82, 2.24) is 0 Å². The van der Waals surface area contributed by atoms with Crippen molar-refractivity contribution in [2.24, 2.45) is 0 Å². The van der Waals surface area contributed by atoms with Crippen molar-refractivity contribution in [2.45, 2.75) is 0 Å². The number of rotatable bonds is 1. The highest BCUT2D eigenvalue weighted by atomic mass is 16.5. The molecule has 3 nitrogen and oxygen atoms in total. The molecular formula is C6H5O3. The average molecular weight is 125 g/mol. The first-order valence-corrected chi connectivity index (χ1v) is 2.33. The van der Waals surface area contributed by atoms with Gasteiger partial charge in [0.15, 0.2) is 0 Å². The largest absolute Gasteiger partial charge is 0.472 e. The molecule has 0 N–H and O–H groups in total. The summed E-state index contributed by atoms with van der Waals surface area (Å²) in [6, 6.07) is 1.51. The predicted molar refractivity (Wildman–Crippen MR) is 29.5 cm³/mol. The molecule has 0 aliphatic carbocycles. The van der Waals surface area contributed by atoms with Crippen molar-refractivity contribution in [3.05, 3.63) is 31.3 Å². The molecule has 0 fully saturated rings. The summed E-state index contributed by atoms with van der Waals surface area (Å²) in [5.74, 6) is -0.483. The Morgan fingerprint density at radius 2 is 2.56 bits per heavy atom. The SMILES string of the molecule is [CH2]OC(=O)c1ccoc1. The van der Waals surface area contributed by atoms with Gasteiger partial charge in [0.2, 0.25) is 0 Å². The van der Waals surface area contributed by atoms with E-state index in [2.05, 4.69) is 16.3 Å². The molecule has 1 radical (unpaired) electrons. The summed E-state index contributed by atoms with van der Waals surface area (Å²) in [5, 5.41) is 0. The fourth-order valence-corrected chi connectivity index (χ4v) is 0.464. The predicted octanol–water partition coefficient (Wildman–Crippen LogP) is 1.23. The van der Waals surface area contributed by atoms with Crippen molar-refractivity contribution in [3.63, 3.8) is 0 Å². The number of carbonyl (C=O) groups excluding carboxylic acids is 1. The second-order valence-electron chi connectivity index (χ2n) is 1.44. The van der Waals surface area contributed by atoms with Crippen molar-refractivity contribution >= 4 is 5.97 Å².